The summed E-state index contributed by atoms with van der Waals surface area (Å²) in [5.74, 6) is 0.541. The maximum Gasteiger partial charge on any atom is 0.255 e. The molecule has 4 rings (SSSR count). The SMILES string of the molecule is CC(C)n1ncc2cc(NC(=O)c3ccc(OCC4CCCO4)cc3)cnc21. The van der Waals surface area contributed by atoms with Gasteiger partial charge >= 0.3 is 0 Å². The zero-order valence-electron chi connectivity index (χ0n) is 16.1. The average Bonchev–Trinajstić information content (AvgIpc) is 3.36. The first kappa shape index (κ1) is 18.4. The van der Waals surface area contributed by atoms with Crippen LogP contribution in [0.25, 0.3) is 11.0 Å². The molecule has 0 spiro atoms. The van der Waals surface area contributed by atoms with E-state index in [9.17, 15) is 4.79 Å². The van der Waals surface area contributed by atoms with Crippen molar-refractivity contribution in [2.75, 3.05) is 18.5 Å². The molecule has 1 unspecified atom stereocenters. The number of carbonyl (C=O) groups excluding carboxylic acids is 1. The summed E-state index contributed by atoms with van der Waals surface area (Å²) in [6.07, 6.45) is 5.71. The highest BCUT2D eigenvalue weighted by Crippen LogP contribution is 2.20. The molecule has 0 radical (unpaired) electrons. The van der Waals surface area contributed by atoms with Crippen molar-refractivity contribution in [2.45, 2.75) is 38.8 Å². The quantitative estimate of drug-likeness (QED) is 0.703. The van der Waals surface area contributed by atoms with E-state index in [2.05, 4.69) is 29.2 Å². The predicted molar refractivity (Wildman–Crippen MR) is 107 cm³/mol. The van der Waals surface area contributed by atoms with Crippen molar-refractivity contribution < 1.29 is 14.3 Å². The summed E-state index contributed by atoms with van der Waals surface area (Å²) in [5.41, 5.74) is 2.00. The molecule has 1 aromatic carbocycles. The standard InChI is InChI=1S/C21H24N4O3/c1-14(2)25-20-16(11-23-25)10-17(12-22-20)24-21(26)15-5-7-18(8-6-15)28-13-19-4-3-9-27-19/h5-8,10-12,14,19H,3-4,9,13H2,1-2H3,(H,24,26). The van der Waals surface area contributed by atoms with Crippen molar-refractivity contribution in [1.29, 1.82) is 0 Å². The first-order valence-electron chi connectivity index (χ1n) is 9.59. The van der Waals surface area contributed by atoms with Crippen LogP contribution >= 0.6 is 0 Å². The Labute approximate surface area is 163 Å². The zero-order valence-corrected chi connectivity index (χ0v) is 16.1. The van der Waals surface area contributed by atoms with E-state index in [1.165, 1.54) is 0 Å². The maximum atomic E-state index is 12.5. The molecule has 0 aliphatic carbocycles. The number of nitrogens with zero attached hydrogens (tertiary/aromatic N) is 3. The van der Waals surface area contributed by atoms with Gasteiger partial charge in [0.25, 0.3) is 5.91 Å². The number of hydrogen-bond donors (Lipinski definition) is 1. The van der Waals surface area contributed by atoms with Crippen LogP contribution in [0.1, 0.15) is 43.1 Å². The number of carbonyl (C=O) groups is 1. The minimum absolute atomic E-state index is 0.172. The van der Waals surface area contributed by atoms with Crippen molar-refractivity contribution in [3.63, 3.8) is 0 Å². The van der Waals surface area contributed by atoms with Gasteiger partial charge in [0.1, 0.15) is 12.4 Å². The number of amides is 1. The van der Waals surface area contributed by atoms with Crippen molar-refractivity contribution in [2.24, 2.45) is 0 Å². The fourth-order valence-corrected chi connectivity index (χ4v) is 3.26. The van der Waals surface area contributed by atoms with Crippen LogP contribution in [0.3, 0.4) is 0 Å². The van der Waals surface area contributed by atoms with Gasteiger partial charge in [-0.15, -0.1) is 0 Å². The fourth-order valence-electron chi connectivity index (χ4n) is 3.26. The molecule has 7 heteroatoms. The van der Waals surface area contributed by atoms with E-state index in [0.29, 0.717) is 17.9 Å². The number of pyridine rings is 1. The lowest BCUT2D eigenvalue weighted by atomic mass is 10.2. The van der Waals surface area contributed by atoms with Gasteiger partial charge in [0.2, 0.25) is 0 Å². The molecule has 2 aromatic heterocycles. The molecular formula is C21H24N4O3. The summed E-state index contributed by atoms with van der Waals surface area (Å²) in [4.78, 5) is 17.0. The van der Waals surface area contributed by atoms with Crippen LogP contribution in [0.15, 0.2) is 42.7 Å². The number of benzene rings is 1. The van der Waals surface area contributed by atoms with Gasteiger partial charge in [0, 0.05) is 23.6 Å². The molecule has 0 bridgehead atoms. The van der Waals surface area contributed by atoms with Gasteiger partial charge in [-0.2, -0.15) is 5.10 Å². The molecule has 146 valence electrons. The average molecular weight is 380 g/mol. The highest BCUT2D eigenvalue weighted by Gasteiger charge is 2.16. The molecule has 3 heterocycles. The molecule has 1 fully saturated rings. The molecule has 7 nitrogen and oxygen atoms in total. The number of nitrogens with one attached hydrogen (secondary N) is 1. The summed E-state index contributed by atoms with van der Waals surface area (Å²) in [5, 5.41) is 8.13. The minimum atomic E-state index is -0.192. The van der Waals surface area contributed by atoms with Gasteiger partial charge in [0.05, 0.1) is 24.2 Å². The lowest BCUT2D eigenvalue weighted by Gasteiger charge is -2.12. The lowest BCUT2D eigenvalue weighted by molar-refractivity contribution is 0.0679. The normalized spacial score (nSPS) is 16.6. The third kappa shape index (κ3) is 3.99. The van der Waals surface area contributed by atoms with Crippen LogP contribution in [0.2, 0.25) is 0 Å². The zero-order chi connectivity index (χ0) is 19.5. The Bertz CT molecular complexity index is 959. The Hall–Kier alpha value is -2.93. The van der Waals surface area contributed by atoms with E-state index in [-0.39, 0.29) is 18.1 Å². The molecule has 1 amide bonds. The second kappa shape index (κ2) is 7.98. The highest BCUT2D eigenvalue weighted by molar-refractivity contribution is 6.04. The molecule has 28 heavy (non-hydrogen) atoms. The third-order valence-electron chi connectivity index (χ3n) is 4.76. The van der Waals surface area contributed by atoms with Crippen LogP contribution in [0, 0.1) is 0 Å². The molecule has 0 saturated carbocycles. The van der Waals surface area contributed by atoms with E-state index in [1.54, 1.807) is 36.7 Å². The summed E-state index contributed by atoms with van der Waals surface area (Å²) in [6.45, 7) is 5.46. The smallest absolute Gasteiger partial charge is 0.255 e. The highest BCUT2D eigenvalue weighted by atomic mass is 16.5. The first-order chi connectivity index (χ1) is 13.6. The van der Waals surface area contributed by atoms with Crippen molar-refractivity contribution in [3.8, 4) is 5.75 Å². The number of anilines is 1. The number of ether oxygens (including phenoxy) is 2. The molecule has 3 aromatic rings. The monoisotopic (exact) mass is 380 g/mol. The second-order valence-electron chi connectivity index (χ2n) is 7.24. The van der Waals surface area contributed by atoms with Crippen LogP contribution in [-0.4, -0.2) is 40.0 Å². The number of fused-ring (bicyclic) bond motifs is 1. The van der Waals surface area contributed by atoms with Crippen molar-refractivity contribution >= 4 is 22.6 Å². The van der Waals surface area contributed by atoms with E-state index in [0.717, 1.165) is 36.2 Å². The Kier molecular flexibility index (Phi) is 5.25. The molecular weight excluding hydrogens is 356 g/mol. The number of aromatic nitrogens is 3. The van der Waals surface area contributed by atoms with Crippen LogP contribution in [-0.2, 0) is 4.74 Å². The Morgan fingerprint density at radius 1 is 1.32 bits per heavy atom. The Morgan fingerprint density at radius 3 is 2.86 bits per heavy atom. The second-order valence-corrected chi connectivity index (χ2v) is 7.24. The predicted octanol–water partition coefficient (Wildman–Crippen LogP) is 3.82. The minimum Gasteiger partial charge on any atom is -0.491 e. The molecule has 1 aliphatic rings. The van der Waals surface area contributed by atoms with Crippen LogP contribution < -0.4 is 10.1 Å². The molecule has 1 atom stereocenters. The van der Waals surface area contributed by atoms with Gasteiger partial charge in [-0.1, -0.05) is 0 Å². The summed E-state index contributed by atoms with van der Waals surface area (Å²) in [7, 11) is 0. The van der Waals surface area contributed by atoms with E-state index >= 15 is 0 Å². The van der Waals surface area contributed by atoms with Crippen LogP contribution in [0.4, 0.5) is 5.69 Å². The molecule has 1 N–H and O–H groups in total. The van der Waals surface area contributed by atoms with Gasteiger partial charge in [-0.05, 0) is 57.0 Å². The molecule has 1 aliphatic heterocycles. The Morgan fingerprint density at radius 2 is 2.14 bits per heavy atom. The fraction of sp³-hybridized carbons (Fsp3) is 0.381. The third-order valence-corrected chi connectivity index (χ3v) is 4.76. The lowest BCUT2D eigenvalue weighted by Crippen LogP contribution is -2.16. The van der Waals surface area contributed by atoms with Gasteiger partial charge in [0.15, 0.2) is 5.65 Å². The van der Waals surface area contributed by atoms with E-state index in [1.807, 2.05) is 10.7 Å². The van der Waals surface area contributed by atoms with E-state index in [4.69, 9.17) is 9.47 Å². The van der Waals surface area contributed by atoms with Crippen LogP contribution in [0.5, 0.6) is 5.75 Å². The summed E-state index contributed by atoms with van der Waals surface area (Å²) < 4.78 is 13.1. The van der Waals surface area contributed by atoms with Crippen molar-refractivity contribution in [1.82, 2.24) is 14.8 Å². The van der Waals surface area contributed by atoms with Gasteiger partial charge in [-0.25, -0.2) is 9.67 Å². The number of rotatable bonds is 6. The largest absolute Gasteiger partial charge is 0.491 e. The Balaban J connectivity index is 1.39. The van der Waals surface area contributed by atoms with Gasteiger partial charge in [-0.3, -0.25) is 4.79 Å². The summed E-state index contributed by atoms with van der Waals surface area (Å²) >= 11 is 0. The van der Waals surface area contributed by atoms with Crippen molar-refractivity contribution in [3.05, 3.63) is 48.3 Å². The molecule has 1 saturated heterocycles. The number of hydrogen-bond acceptors (Lipinski definition) is 5. The first-order valence-corrected chi connectivity index (χ1v) is 9.59. The van der Waals surface area contributed by atoms with E-state index < -0.39 is 0 Å². The topological polar surface area (TPSA) is 78.3 Å². The van der Waals surface area contributed by atoms with Gasteiger partial charge < -0.3 is 14.8 Å². The maximum absolute atomic E-state index is 12.5. The summed E-state index contributed by atoms with van der Waals surface area (Å²) in [6, 6.07) is 9.22.